The van der Waals surface area contributed by atoms with Crippen LogP contribution in [0.15, 0.2) is 0 Å². The number of hydrogen-bond acceptors (Lipinski definition) is 3. The standard InChI is InChI=1S/C9H16O3S.C2H6/c1-7(10)8-3-5-9(6-4-8)13(2,11)12;1-2/h8-9H,3-6H2,1-2H3;1-2H3. The Morgan fingerprint density at radius 1 is 1.07 bits per heavy atom. The lowest BCUT2D eigenvalue weighted by atomic mass is 9.86. The van der Waals surface area contributed by atoms with Crippen LogP contribution in [0.25, 0.3) is 0 Å². The van der Waals surface area contributed by atoms with Crippen molar-refractivity contribution in [3.63, 3.8) is 0 Å². The minimum atomic E-state index is -2.89. The van der Waals surface area contributed by atoms with E-state index >= 15 is 0 Å². The summed E-state index contributed by atoms with van der Waals surface area (Å²) in [5.41, 5.74) is 0. The average Bonchev–Trinajstić information content (AvgIpc) is 2.20. The van der Waals surface area contributed by atoms with Gasteiger partial charge in [0.25, 0.3) is 0 Å². The van der Waals surface area contributed by atoms with Gasteiger partial charge in [-0.25, -0.2) is 8.42 Å². The van der Waals surface area contributed by atoms with Crippen LogP contribution in [0.3, 0.4) is 0 Å². The van der Waals surface area contributed by atoms with Gasteiger partial charge in [0.05, 0.1) is 5.25 Å². The Balaban J connectivity index is 0.000000921. The molecule has 0 radical (unpaired) electrons. The van der Waals surface area contributed by atoms with Gasteiger partial charge in [0.2, 0.25) is 0 Å². The van der Waals surface area contributed by atoms with Crippen molar-refractivity contribution in [2.24, 2.45) is 5.92 Å². The molecule has 1 saturated carbocycles. The van der Waals surface area contributed by atoms with Crippen molar-refractivity contribution in [3.05, 3.63) is 0 Å². The van der Waals surface area contributed by atoms with Gasteiger partial charge < -0.3 is 0 Å². The quantitative estimate of drug-likeness (QED) is 0.736. The molecule has 1 rings (SSSR count). The van der Waals surface area contributed by atoms with E-state index in [4.69, 9.17) is 0 Å². The van der Waals surface area contributed by atoms with Crippen molar-refractivity contribution >= 4 is 15.6 Å². The molecule has 15 heavy (non-hydrogen) atoms. The van der Waals surface area contributed by atoms with E-state index in [2.05, 4.69) is 0 Å². The highest BCUT2D eigenvalue weighted by Crippen LogP contribution is 2.28. The van der Waals surface area contributed by atoms with Gasteiger partial charge in [-0.1, -0.05) is 13.8 Å². The Kier molecular flexibility index (Phi) is 6.10. The van der Waals surface area contributed by atoms with Crippen molar-refractivity contribution in [3.8, 4) is 0 Å². The number of hydrogen-bond donors (Lipinski definition) is 0. The Morgan fingerprint density at radius 2 is 1.47 bits per heavy atom. The zero-order chi connectivity index (χ0) is 12.1. The molecule has 3 nitrogen and oxygen atoms in total. The molecule has 0 aromatic rings. The third-order valence-corrected chi connectivity index (χ3v) is 4.54. The molecule has 0 aliphatic heterocycles. The van der Waals surface area contributed by atoms with Crippen LogP contribution in [0.5, 0.6) is 0 Å². The first kappa shape index (κ1) is 14.6. The topological polar surface area (TPSA) is 51.2 Å². The Morgan fingerprint density at radius 3 is 1.73 bits per heavy atom. The molecule has 90 valence electrons. The van der Waals surface area contributed by atoms with E-state index in [1.165, 1.54) is 6.26 Å². The number of carbonyl (C=O) groups excluding carboxylic acids is 1. The Labute approximate surface area is 93.2 Å². The van der Waals surface area contributed by atoms with E-state index < -0.39 is 9.84 Å². The molecule has 0 atom stereocenters. The summed E-state index contributed by atoms with van der Waals surface area (Å²) in [6.07, 6.45) is 4.08. The predicted octanol–water partition coefficient (Wildman–Crippen LogP) is 2.21. The maximum Gasteiger partial charge on any atom is 0.150 e. The number of rotatable bonds is 2. The van der Waals surface area contributed by atoms with E-state index in [0.717, 1.165) is 12.8 Å². The second kappa shape index (κ2) is 6.26. The SMILES string of the molecule is CC.CC(=O)C1CCC(S(C)(=O)=O)CC1. The highest BCUT2D eigenvalue weighted by Gasteiger charge is 2.29. The van der Waals surface area contributed by atoms with Gasteiger partial charge >= 0.3 is 0 Å². The maximum absolute atomic E-state index is 11.2. The van der Waals surface area contributed by atoms with Crippen LogP contribution in [0.1, 0.15) is 46.5 Å². The van der Waals surface area contributed by atoms with Crippen LogP contribution in [0.4, 0.5) is 0 Å². The van der Waals surface area contributed by atoms with E-state index in [1.807, 2.05) is 13.8 Å². The summed E-state index contributed by atoms with van der Waals surface area (Å²) in [5, 5.41) is -0.205. The number of sulfone groups is 1. The third kappa shape index (κ3) is 4.78. The highest BCUT2D eigenvalue weighted by molar-refractivity contribution is 7.91. The number of Topliss-reactive ketones (excluding diaryl/α,β-unsaturated/α-hetero) is 1. The van der Waals surface area contributed by atoms with Gasteiger partial charge in [0, 0.05) is 12.2 Å². The maximum atomic E-state index is 11.2. The fraction of sp³-hybridized carbons (Fsp3) is 0.909. The van der Waals surface area contributed by atoms with Gasteiger partial charge in [-0.05, 0) is 32.6 Å². The predicted molar refractivity (Wildman–Crippen MR) is 62.6 cm³/mol. The van der Waals surface area contributed by atoms with Crippen LogP contribution in [0.2, 0.25) is 0 Å². The van der Waals surface area contributed by atoms with Crippen LogP contribution in [-0.4, -0.2) is 25.7 Å². The Hall–Kier alpha value is -0.380. The molecule has 0 amide bonds. The van der Waals surface area contributed by atoms with Gasteiger partial charge in [-0.2, -0.15) is 0 Å². The molecule has 0 N–H and O–H groups in total. The summed E-state index contributed by atoms with van der Waals surface area (Å²) in [7, 11) is -2.89. The molecule has 0 spiro atoms. The fourth-order valence-electron chi connectivity index (χ4n) is 1.90. The second-order valence-electron chi connectivity index (χ2n) is 3.91. The zero-order valence-corrected chi connectivity index (χ0v) is 10.9. The zero-order valence-electron chi connectivity index (χ0n) is 10.1. The highest BCUT2D eigenvalue weighted by atomic mass is 32.2. The van der Waals surface area contributed by atoms with Crippen LogP contribution >= 0.6 is 0 Å². The van der Waals surface area contributed by atoms with E-state index in [-0.39, 0.29) is 17.0 Å². The van der Waals surface area contributed by atoms with Crippen molar-refractivity contribution in [1.82, 2.24) is 0 Å². The van der Waals surface area contributed by atoms with Crippen molar-refractivity contribution in [2.45, 2.75) is 51.7 Å². The summed E-state index contributed by atoms with van der Waals surface area (Å²) in [5.74, 6) is 0.310. The number of carbonyl (C=O) groups is 1. The largest absolute Gasteiger partial charge is 0.300 e. The summed E-state index contributed by atoms with van der Waals surface area (Å²) in [6, 6.07) is 0. The molecule has 1 aliphatic carbocycles. The lowest BCUT2D eigenvalue weighted by Crippen LogP contribution is -2.28. The van der Waals surface area contributed by atoms with Gasteiger partial charge in [-0.15, -0.1) is 0 Å². The first-order chi connectivity index (χ1) is 6.91. The smallest absolute Gasteiger partial charge is 0.150 e. The summed E-state index contributed by atoms with van der Waals surface area (Å²) in [4.78, 5) is 11.0. The van der Waals surface area contributed by atoms with Crippen molar-refractivity contribution in [2.75, 3.05) is 6.26 Å². The third-order valence-electron chi connectivity index (χ3n) is 2.85. The molecule has 1 aliphatic rings. The average molecular weight is 234 g/mol. The second-order valence-corrected chi connectivity index (χ2v) is 6.24. The van der Waals surface area contributed by atoms with E-state index in [1.54, 1.807) is 6.92 Å². The first-order valence-electron chi connectivity index (χ1n) is 5.60. The molecule has 1 fully saturated rings. The minimum Gasteiger partial charge on any atom is -0.300 e. The molecule has 0 unspecified atom stereocenters. The Bertz CT molecular complexity index is 285. The van der Waals surface area contributed by atoms with Crippen LogP contribution in [0, 0.1) is 5.92 Å². The monoisotopic (exact) mass is 234 g/mol. The molecule has 0 heterocycles. The number of ketones is 1. The van der Waals surface area contributed by atoms with Crippen molar-refractivity contribution < 1.29 is 13.2 Å². The summed E-state index contributed by atoms with van der Waals surface area (Å²) < 4.78 is 22.4. The molecule has 0 aromatic carbocycles. The van der Waals surface area contributed by atoms with Crippen LogP contribution < -0.4 is 0 Å². The lowest BCUT2D eigenvalue weighted by Gasteiger charge is -2.25. The molecule has 0 bridgehead atoms. The molecular weight excluding hydrogens is 212 g/mol. The molecule has 0 aromatic heterocycles. The van der Waals surface area contributed by atoms with Gasteiger partial charge in [-0.3, -0.25) is 4.79 Å². The summed E-state index contributed by atoms with van der Waals surface area (Å²) in [6.45, 7) is 5.59. The van der Waals surface area contributed by atoms with E-state index in [9.17, 15) is 13.2 Å². The van der Waals surface area contributed by atoms with Crippen molar-refractivity contribution in [1.29, 1.82) is 0 Å². The van der Waals surface area contributed by atoms with E-state index in [0.29, 0.717) is 12.8 Å². The molecule has 4 heteroatoms. The van der Waals surface area contributed by atoms with Gasteiger partial charge in [0.15, 0.2) is 0 Å². The lowest BCUT2D eigenvalue weighted by molar-refractivity contribution is -0.121. The normalized spacial score (nSPS) is 26.4. The first-order valence-corrected chi connectivity index (χ1v) is 7.56. The van der Waals surface area contributed by atoms with Gasteiger partial charge in [0.1, 0.15) is 15.6 Å². The molecule has 0 saturated heterocycles. The molecular formula is C11H22O3S. The van der Waals surface area contributed by atoms with Crippen LogP contribution in [-0.2, 0) is 14.6 Å². The minimum absolute atomic E-state index is 0.109. The fourth-order valence-corrected chi connectivity index (χ4v) is 3.03. The summed E-state index contributed by atoms with van der Waals surface area (Å²) >= 11 is 0.